The van der Waals surface area contributed by atoms with Crippen LogP contribution in [-0.4, -0.2) is 28.1 Å². The van der Waals surface area contributed by atoms with E-state index >= 15 is 0 Å². The number of nitrogens with one attached hydrogen (secondary N) is 2. The van der Waals surface area contributed by atoms with Crippen LogP contribution in [0, 0.1) is 0 Å². The Hall–Kier alpha value is -2.34. The van der Waals surface area contributed by atoms with Crippen LogP contribution in [0.1, 0.15) is 40.5 Å². The maximum absolute atomic E-state index is 12.0. The third kappa shape index (κ3) is 3.71. The number of halogens is 1. The van der Waals surface area contributed by atoms with Gasteiger partial charge < -0.3 is 11.1 Å². The molecule has 2 amide bonds. The first-order valence-electron chi connectivity index (χ1n) is 7.40. The monoisotopic (exact) mass is 332 g/mol. The highest BCUT2D eigenvalue weighted by atomic mass is 35.5. The molecule has 1 heterocycles. The normalized spacial score (nSPS) is 19.9. The van der Waals surface area contributed by atoms with E-state index in [0.717, 1.165) is 24.1 Å². The van der Waals surface area contributed by atoms with E-state index in [1.54, 1.807) is 18.2 Å². The van der Waals surface area contributed by atoms with Crippen LogP contribution in [0.25, 0.3) is 0 Å². The highest BCUT2D eigenvalue weighted by Crippen LogP contribution is 2.36. The van der Waals surface area contributed by atoms with E-state index in [2.05, 4.69) is 15.5 Å². The number of primary amides is 1. The summed E-state index contributed by atoms with van der Waals surface area (Å²) in [6.45, 7) is 0. The number of nitrogens with two attached hydrogens (primary N) is 1. The predicted octanol–water partition coefficient (Wildman–Crippen LogP) is 1.77. The van der Waals surface area contributed by atoms with E-state index in [0.29, 0.717) is 11.4 Å². The summed E-state index contributed by atoms with van der Waals surface area (Å²) in [5.74, 6) is -0.288. The van der Waals surface area contributed by atoms with Gasteiger partial charge in [0.2, 0.25) is 5.91 Å². The lowest BCUT2D eigenvalue weighted by Gasteiger charge is -2.35. The van der Waals surface area contributed by atoms with Gasteiger partial charge in [0.1, 0.15) is 5.69 Å². The average Bonchev–Trinajstić information content (AvgIpc) is 2.92. The van der Waals surface area contributed by atoms with Gasteiger partial charge in [-0.15, -0.1) is 0 Å². The van der Waals surface area contributed by atoms with Gasteiger partial charge in [0.25, 0.3) is 5.91 Å². The Kier molecular flexibility index (Phi) is 4.34. The fraction of sp³-hybridized carbons (Fsp3) is 0.312. The Bertz CT molecular complexity index is 737. The lowest BCUT2D eigenvalue weighted by Crippen LogP contribution is -2.44. The number of nitrogens with zero attached hydrogens (tertiary/aromatic N) is 1. The molecule has 0 spiro atoms. The van der Waals surface area contributed by atoms with Crippen LogP contribution in [0.4, 0.5) is 0 Å². The predicted molar refractivity (Wildman–Crippen MR) is 86.2 cm³/mol. The number of carbonyl (C=O) groups is 2. The third-order valence-corrected chi connectivity index (χ3v) is 4.28. The van der Waals surface area contributed by atoms with Crippen LogP contribution in [-0.2, 0) is 11.2 Å². The van der Waals surface area contributed by atoms with Crippen LogP contribution in [0.2, 0.25) is 5.02 Å². The van der Waals surface area contributed by atoms with Crippen molar-refractivity contribution in [3.8, 4) is 0 Å². The van der Waals surface area contributed by atoms with Crippen molar-refractivity contribution < 1.29 is 9.59 Å². The molecule has 0 saturated heterocycles. The molecular formula is C16H17ClN4O2. The van der Waals surface area contributed by atoms with Gasteiger partial charge in [0, 0.05) is 22.7 Å². The maximum atomic E-state index is 12.0. The molecule has 0 unspecified atom stereocenters. The largest absolute Gasteiger partial charge is 0.364 e. The molecule has 0 aliphatic heterocycles. The zero-order chi connectivity index (χ0) is 16.4. The van der Waals surface area contributed by atoms with Crippen LogP contribution in [0.15, 0.2) is 30.3 Å². The number of rotatable bonds is 5. The summed E-state index contributed by atoms with van der Waals surface area (Å²) in [5.41, 5.74) is 7.20. The van der Waals surface area contributed by atoms with Crippen molar-refractivity contribution in [2.75, 3.05) is 0 Å². The second kappa shape index (κ2) is 6.42. The topological polar surface area (TPSA) is 101 Å². The Morgan fingerprint density at radius 2 is 2.13 bits per heavy atom. The minimum atomic E-state index is -0.543. The standard InChI is InChI=1S/C16H17ClN4O2/c17-11-3-1-2-9(4-11)5-15(22)19-12-6-10(7-12)13-8-14(16(18)23)21-20-13/h1-4,8,10,12H,5-7H2,(H2,18,23)(H,19,22)(H,20,21). The lowest BCUT2D eigenvalue weighted by molar-refractivity contribution is -0.121. The van der Waals surface area contributed by atoms with Crippen molar-refractivity contribution in [3.05, 3.63) is 52.3 Å². The highest BCUT2D eigenvalue weighted by Gasteiger charge is 2.32. The molecule has 6 nitrogen and oxygen atoms in total. The molecular weight excluding hydrogens is 316 g/mol. The van der Waals surface area contributed by atoms with Crippen LogP contribution < -0.4 is 11.1 Å². The number of aromatic nitrogens is 2. The molecule has 3 rings (SSSR count). The van der Waals surface area contributed by atoms with Gasteiger partial charge in [-0.05, 0) is 36.6 Å². The van der Waals surface area contributed by atoms with Gasteiger partial charge in [-0.25, -0.2) is 0 Å². The zero-order valence-electron chi connectivity index (χ0n) is 12.4. The van der Waals surface area contributed by atoms with Crippen LogP contribution >= 0.6 is 11.6 Å². The molecule has 23 heavy (non-hydrogen) atoms. The molecule has 2 aromatic rings. The number of H-pyrrole nitrogens is 1. The smallest absolute Gasteiger partial charge is 0.269 e. The molecule has 4 N–H and O–H groups in total. The Balaban J connectivity index is 1.48. The van der Waals surface area contributed by atoms with Gasteiger partial charge in [-0.3, -0.25) is 14.7 Å². The summed E-state index contributed by atoms with van der Waals surface area (Å²) >= 11 is 5.91. The van der Waals surface area contributed by atoms with Crippen molar-refractivity contribution in [2.24, 2.45) is 5.73 Å². The fourth-order valence-corrected chi connectivity index (χ4v) is 2.99. The molecule has 7 heteroatoms. The quantitative estimate of drug-likeness (QED) is 0.777. The fourth-order valence-electron chi connectivity index (χ4n) is 2.77. The van der Waals surface area contributed by atoms with Crippen LogP contribution in [0.5, 0.6) is 0 Å². The third-order valence-electron chi connectivity index (χ3n) is 4.05. The van der Waals surface area contributed by atoms with E-state index in [1.807, 2.05) is 12.1 Å². The molecule has 0 bridgehead atoms. The van der Waals surface area contributed by atoms with Crippen molar-refractivity contribution in [3.63, 3.8) is 0 Å². The Morgan fingerprint density at radius 1 is 1.35 bits per heavy atom. The van der Waals surface area contributed by atoms with Gasteiger partial charge in [0.05, 0.1) is 6.42 Å². The first-order valence-corrected chi connectivity index (χ1v) is 7.78. The number of hydrogen-bond acceptors (Lipinski definition) is 3. The van der Waals surface area contributed by atoms with E-state index in [1.165, 1.54) is 0 Å². The summed E-state index contributed by atoms with van der Waals surface area (Å²) in [6, 6.07) is 9.11. The minimum absolute atomic E-state index is 0.0156. The molecule has 120 valence electrons. The Morgan fingerprint density at radius 3 is 2.78 bits per heavy atom. The van der Waals surface area contributed by atoms with Crippen molar-refractivity contribution in [1.82, 2.24) is 15.5 Å². The molecule has 1 aliphatic rings. The summed E-state index contributed by atoms with van der Waals surface area (Å²) in [7, 11) is 0. The first kappa shape index (κ1) is 15.6. The van der Waals surface area contributed by atoms with Crippen molar-refractivity contribution in [1.29, 1.82) is 0 Å². The summed E-state index contributed by atoms with van der Waals surface area (Å²) in [5, 5.41) is 10.3. The maximum Gasteiger partial charge on any atom is 0.269 e. The SMILES string of the molecule is NC(=O)c1cc(C2CC(NC(=O)Cc3cccc(Cl)c3)C2)[nH]n1. The average molecular weight is 333 g/mol. The molecule has 0 atom stereocenters. The minimum Gasteiger partial charge on any atom is -0.364 e. The number of aromatic amines is 1. The number of hydrogen-bond donors (Lipinski definition) is 3. The van der Waals surface area contributed by atoms with E-state index in [4.69, 9.17) is 17.3 Å². The van der Waals surface area contributed by atoms with Gasteiger partial charge >= 0.3 is 0 Å². The highest BCUT2D eigenvalue weighted by molar-refractivity contribution is 6.30. The Labute approximate surface area is 138 Å². The summed E-state index contributed by atoms with van der Waals surface area (Å²) in [4.78, 5) is 23.1. The second-order valence-electron chi connectivity index (χ2n) is 5.81. The van der Waals surface area contributed by atoms with Crippen molar-refractivity contribution in [2.45, 2.75) is 31.2 Å². The molecule has 1 aromatic carbocycles. The second-order valence-corrected chi connectivity index (χ2v) is 6.25. The van der Waals surface area contributed by atoms with Gasteiger partial charge in [0.15, 0.2) is 0 Å². The first-order chi connectivity index (χ1) is 11.0. The van der Waals surface area contributed by atoms with Gasteiger partial charge in [-0.1, -0.05) is 23.7 Å². The van der Waals surface area contributed by atoms with Gasteiger partial charge in [-0.2, -0.15) is 5.10 Å². The van der Waals surface area contributed by atoms with Crippen molar-refractivity contribution >= 4 is 23.4 Å². The molecule has 1 fully saturated rings. The molecule has 1 saturated carbocycles. The number of carbonyl (C=O) groups excluding carboxylic acids is 2. The van der Waals surface area contributed by atoms with E-state index < -0.39 is 5.91 Å². The summed E-state index contributed by atoms with van der Waals surface area (Å²) < 4.78 is 0. The number of benzene rings is 1. The zero-order valence-corrected chi connectivity index (χ0v) is 13.1. The summed E-state index contributed by atoms with van der Waals surface area (Å²) in [6.07, 6.45) is 1.96. The molecule has 1 aliphatic carbocycles. The molecule has 0 radical (unpaired) electrons. The lowest BCUT2D eigenvalue weighted by atomic mass is 9.78. The van der Waals surface area contributed by atoms with E-state index in [-0.39, 0.29) is 23.6 Å². The molecule has 1 aromatic heterocycles. The van der Waals surface area contributed by atoms with E-state index in [9.17, 15) is 9.59 Å². The number of amides is 2. The van der Waals surface area contributed by atoms with Crippen LogP contribution in [0.3, 0.4) is 0 Å².